The van der Waals surface area contributed by atoms with Crippen molar-refractivity contribution in [3.8, 4) is 0 Å². The van der Waals surface area contributed by atoms with Crippen LogP contribution in [0.1, 0.15) is 116 Å². The summed E-state index contributed by atoms with van der Waals surface area (Å²) in [4.78, 5) is 34.0. The predicted octanol–water partition coefficient (Wildman–Crippen LogP) is 7.29. The predicted molar refractivity (Wildman–Crippen MR) is 199 cm³/mol. The van der Waals surface area contributed by atoms with Gasteiger partial charge in [-0.25, -0.2) is 9.97 Å². The summed E-state index contributed by atoms with van der Waals surface area (Å²) in [6, 6.07) is 7.24. The molecule has 1 aromatic carbocycles. The van der Waals surface area contributed by atoms with Gasteiger partial charge in [0.1, 0.15) is 24.6 Å². The zero-order valence-corrected chi connectivity index (χ0v) is 30.3. The number of nitrogens with zero attached hydrogens (tertiary/aromatic N) is 3. The van der Waals surface area contributed by atoms with Crippen LogP contribution in [0, 0.1) is 0 Å². The molecule has 0 saturated carbocycles. The lowest BCUT2D eigenvalue weighted by atomic mass is 10.0. The molecule has 0 bridgehead atoms. The van der Waals surface area contributed by atoms with Crippen molar-refractivity contribution in [3.63, 3.8) is 0 Å². The first kappa shape index (κ1) is 39.5. The number of pyridine rings is 1. The van der Waals surface area contributed by atoms with Crippen LogP contribution in [0.25, 0.3) is 21.9 Å². The fraction of sp³-hybridized carbons (Fsp3) is 0.676. The Balaban J connectivity index is 1.24. The molecular formula is C37H60N6O4S. The smallest absolute Gasteiger partial charge is 0.305 e. The molecule has 0 aliphatic rings. The van der Waals surface area contributed by atoms with E-state index in [9.17, 15) is 9.59 Å². The van der Waals surface area contributed by atoms with E-state index in [1.807, 2.05) is 31.2 Å². The summed E-state index contributed by atoms with van der Waals surface area (Å²) >= 11 is 1.52. The van der Waals surface area contributed by atoms with Crippen molar-refractivity contribution in [2.75, 3.05) is 37.0 Å². The third kappa shape index (κ3) is 13.9. The number of ether oxygens (including phenoxy) is 2. The highest BCUT2D eigenvalue weighted by molar-refractivity contribution is 7.99. The third-order valence-electron chi connectivity index (χ3n) is 8.59. The zero-order chi connectivity index (χ0) is 34.4. The number of benzene rings is 1. The molecule has 0 fully saturated rings. The van der Waals surface area contributed by atoms with Gasteiger partial charge in [-0.05, 0) is 25.8 Å². The number of hydrogen-bond acceptors (Lipinski definition) is 9. The highest BCUT2D eigenvalue weighted by Crippen LogP contribution is 2.29. The van der Waals surface area contributed by atoms with Crippen LogP contribution in [0.15, 0.2) is 24.3 Å². The van der Waals surface area contributed by atoms with Crippen molar-refractivity contribution in [1.82, 2.24) is 19.9 Å². The van der Waals surface area contributed by atoms with E-state index in [1.165, 1.54) is 82.4 Å². The molecule has 2 heterocycles. The van der Waals surface area contributed by atoms with Crippen LogP contribution in [0.2, 0.25) is 0 Å². The molecule has 3 rings (SSSR count). The number of fused-ring (bicyclic) bond motifs is 3. The minimum absolute atomic E-state index is 0.136. The number of anilines is 1. The van der Waals surface area contributed by atoms with Crippen molar-refractivity contribution in [2.45, 2.75) is 129 Å². The van der Waals surface area contributed by atoms with E-state index in [2.05, 4.69) is 21.8 Å². The number of nitrogens with one attached hydrogen (secondary N) is 1. The van der Waals surface area contributed by atoms with Gasteiger partial charge in [-0.1, -0.05) is 102 Å². The lowest BCUT2D eigenvalue weighted by Gasteiger charge is -2.14. The Labute approximate surface area is 291 Å². The number of esters is 1. The normalized spacial score (nSPS) is 12.1. The number of imidazole rings is 1. The van der Waals surface area contributed by atoms with Gasteiger partial charge in [0.15, 0.2) is 5.82 Å². The molecule has 0 radical (unpaired) electrons. The minimum atomic E-state index is -0.631. The summed E-state index contributed by atoms with van der Waals surface area (Å²) in [6.07, 6.45) is 17.8. The van der Waals surface area contributed by atoms with Crippen LogP contribution >= 0.6 is 11.8 Å². The second-order valence-electron chi connectivity index (χ2n) is 12.6. The lowest BCUT2D eigenvalue weighted by molar-refractivity contribution is -0.143. The Morgan fingerprint density at radius 2 is 1.58 bits per heavy atom. The number of aryl methyl sites for hydroxylation is 1. The van der Waals surface area contributed by atoms with Gasteiger partial charge >= 0.3 is 5.97 Å². The first-order chi connectivity index (χ1) is 23.5. The SMILES string of the molecule is CCCCCCCCCCCCCCCC(=O)OCCSC[C@H](N)C(=O)NCCCn1c(COCC)nc2c(N)nc3ccccc3c21. The van der Waals surface area contributed by atoms with E-state index in [1.54, 1.807) is 0 Å². The van der Waals surface area contributed by atoms with Crippen molar-refractivity contribution in [3.05, 3.63) is 30.1 Å². The molecule has 2 aromatic heterocycles. The van der Waals surface area contributed by atoms with Gasteiger partial charge in [-0.3, -0.25) is 9.59 Å². The largest absolute Gasteiger partial charge is 0.465 e. The lowest BCUT2D eigenvalue weighted by Crippen LogP contribution is -2.42. The molecule has 268 valence electrons. The summed E-state index contributed by atoms with van der Waals surface area (Å²) in [5.41, 5.74) is 14.8. The van der Waals surface area contributed by atoms with E-state index in [0.717, 1.165) is 35.1 Å². The quantitative estimate of drug-likeness (QED) is 0.0556. The van der Waals surface area contributed by atoms with E-state index >= 15 is 0 Å². The summed E-state index contributed by atoms with van der Waals surface area (Å²) < 4.78 is 13.2. The van der Waals surface area contributed by atoms with E-state index < -0.39 is 6.04 Å². The molecule has 0 unspecified atom stereocenters. The Morgan fingerprint density at radius 1 is 0.917 bits per heavy atom. The van der Waals surface area contributed by atoms with Crippen LogP contribution < -0.4 is 16.8 Å². The van der Waals surface area contributed by atoms with Crippen LogP contribution in [0.4, 0.5) is 5.82 Å². The third-order valence-corrected chi connectivity index (χ3v) is 9.64. The number of carbonyl (C=O) groups excluding carboxylic acids is 2. The average Bonchev–Trinajstić information content (AvgIpc) is 3.46. The topological polar surface area (TPSA) is 147 Å². The number of thioether (sulfide) groups is 1. The number of amides is 1. The molecule has 1 amide bonds. The molecule has 0 aliphatic heterocycles. The standard InChI is InChI=1S/C37H60N6O4S/c1-3-5-6-7-8-9-10-11-12-13-14-15-16-22-33(44)47-25-26-48-28-30(38)37(45)40-23-19-24-43-32(27-46-4-2)42-34-35(43)29-20-17-18-21-31(29)41-36(34)39/h17-18,20-21,30H,3-16,19,22-28,38H2,1-2H3,(H2,39,41)(H,40,45)/t30-/m0/s1. The number of nitrogen functional groups attached to an aromatic ring is 1. The first-order valence-electron chi connectivity index (χ1n) is 18.3. The number of unbranched alkanes of at least 4 members (excludes halogenated alkanes) is 12. The monoisotopic (exact) mass is 684 g/mol. The maximum atomic E-state index is 12.6. The van der Waals surface area contributed by atoms with Gasteiger partial charge in [0.2, 0.25) is 5.91 Å². The number of nitrogens with two attached hydrogens (primary N) is 2. The maximum absolute atomic E-state index is 12.6. The fourth-order valence-electron chi connectivity index (χ4n) is 5.89. The molecule has 0 spiro atoms. The fourth-order valence-corrected chi connectivity index (χ4v) is 6.66. The molecule has 3 aromatic rings. The van der Waals surface area contributed by atoms with Crippen LogP contribution in [0.5, 0.6) is 0 Å². The van der Waals surface area contributed by atoms with Crippen LogP contribution in [0.3, 0.4) is 0 Å². The van der Waals surface area contributed by atoms with Crippen molar-refractivity contribution in [2.24, 2.45) is 5.73 Å². The summed E-state index contributed by atoms with van der Waals surface area (Å²) in [6.45, 7) is 6.59. The number of para-hydroxylation sites is 1. The summed E-state index contributed by atoms with van der Waals surface area (Å²) in [5.74, 6) is 1.93. The molecule has 1 atom stereocenters. The van der Waals surface area contributed by atoms with Gasteiger partial charge in [-0.15, -0.1) is 0 Å². The second kappa shape index (κ2) is 23.5. The average molecular weight is 685 g/mol. The van der Waals surface area contributed by atoms with Crippen molar-refractivity contribution in [1.29, 1.82) is 0 Å². The summed E-state index contributed by atoms with van der Waals surface area (Å²) in [7, 11) is 0. The number of aromatic nitrogens is 3. The molecule has 11 heteroatoms. The minimum Gasteiger partial charge on any atom is -0.465 e. The van der Waals surface area contributed by atoms with Gasteiger partial charge < -0.3 is 30.8 Å². The van der Waals surface area contributed by atoms with E-state index in [-0.39, 0.29) is 11.9 Å². The van der Waals surface area contributed by atoms with E-state index in [0.29, 0.717) is 68.6 Å². The van der Waals surface area contributed by atoms with Gasteiger partial charge in [-0.2, -0.15) is 11.8 Å². The Kier molecular flexibility index (Phi) is 19.3. The number of carbonyl (C=O) groups is 2. The second-order valence-corrected chi connectivity index (χ2v) is 13.7. The molecular weight excluding hydrogens is 625 g/mol. The van der Waals surface area contributed by atoms with Gasteiger partial charge in [0.05, 0.1) is 17.1 Å². The molecule has 10 nitrogen and oxygen atoms in total. The Morgan fingerprint density at radius 3 is 2.27 bits per heavy atom. The maximum Gasteiger partial charge on any atom is 0.305 e. The highest BCUT2D eigenvalue weighted by atomic mass is 32.2. The van der Waals surface area contributed by atoms with Crippen LogP contribution in [-0.2, 0) is 32.2 Å². The molecule has 0 aliphatic carbocycles. The Bertz CT molecular complexity index is 1370. The highest BCUT2D eigenvalue weighted by Gasteiger charge is 2.18. The van der Waals surface area contributed by atoms with Gasteiger partial charge in [0, 0.05) is 43.0 Å². The Hall–Kier alpha value is -2.89. The number of rotatable bonds is 27. The van der Waals surface area contributed by atoms with Crippen molar-refractivity contribution < 1.29 is 19.1 Å². The van der Waals surface area contributed by atoms with Crippen LogP contribution in [-0.4, -0.2) is 63.7 Å². The molecule has 0 saturated heterocycles. The summed E-state index contributed by atoms with van der Waals surface area (Å²) in [5, 5.41) is 3.93. The number of hydrogen-bond donors (Lipinski definition) is 3. The molecule has 48 heavy (non-hydrogen) atoms. The van der Waals surface area contributed by atoms with E-state index in [4.69, 9.17) is 25.9 Å². The van der Waals surface area contributed by atoms with Crippen molar-refractivity contribution >= 4 is 51.4 Å². The van der Waals surface area contributed by atoms with Gasteiger partial charge in [0.25, 0.3) is 0 Å². The molecule has 5 N–H and O–H groups in total. The zero-order valence-electron chi connectivity index (χ0n) is 29.5. The first-order valence-corrected chi connectivity index (χ1v) is 19.5.